The molecule has 0 fully saturated rings. The number of Topliss-reactive ketones (excluding diaryl/α,β-unsaturated/α-hetero) is 1. The number of carboxylic acid groups (broad SMARTS) is 1. The number of nitrogens with zero attached hydrogens (tertiary/aromatic N) is 9. The summed E-state index contributed by atoms with van der Waals surface area (Å²) in [7, 11) is -0.0366. The Morgan fingerprint density at radius 2 is 0.736 bits per heavy atom. The smallest absolute Gasteiger partial charge is 0.870 e. The van der Waals surface area contributed by atoms with E-state index in [0.29, 0.717) is 64.0 Å². The molecule has 14 rings (SSSR count). The molecule has 0 aliphatic carbocycles. The Morgan fingerprint density at radius 1 is 0.431 bits per heavy atom. The first-order valence-corrected chi connectivity index (χ1v) is 46.9. The normalized spacial score (nSPS) is 11.6. The molecule has 36 nitrogen and oxygen atoms in total. The fourth-order valence-corrected chi connectivity index (χ4v) is 14.0. The molecule has 5 amide bonds. The number of aryl methyl sites for hydroxylation is 4. The Balaban J connectivity index is 0.000000301. The molecule has 3 unspecified atom stereocenters. The maximum absolute atomic E-state index is 13.2. The van der Waals surface area contributed by atoms with Gasteiger partial charge in [-0.3, -0.25) is 34.6 Å². The van der Waals surface area contributed by atoms with E-state index in [2.05, 4.69) is 115 Å². The van der Waals surface area contributed by atoms with Crippen LogP contribution in [0.4, 0.5) is 5.69 Å². The molecule has 10 aromatic carbocycles. The minimum absolute atomic E-state index is 0. The number of oxime groups is 1. The second-order valence-electron chi connectivity index (χ2n) is 30.9. The van der Waals surface area contributed by atoms with E-state index in [1.807, 2.05) is 256 Å². The van der Waals surface area contributed by atoms with E-state index < -0.39 is 85.0 Å². The molecule has 0 bridgehead atoms. The van der Waals surface area contributed by atoms with Crippen LogP contribution in [-0.4, -0.2) is 198 Å². The topological polar surface area (TPSA) is 583 Å². The average molecular weight is 2230 g/mol. The summed E-state index contributed by atoms with van der Waals surface area (Å²) in [6, 6.07) is 88.4. The van der Waals surface area contributed by atoms with Crippen molar-refractivity contribution in [1.29, 1.82) is 0 Å². The van der Waals surface area contributed by atoms with Crippen LogP contribution in [0.25, 0.3) is 33.9 Å². The SMILES string of the molecule is CCOC(=O)C(CC(C)=O)=NOC.CCOC(=O)c1cc(C)nn1-c1ccc(Br)cc1.Cc1cc(C(=O)N[C@@H](Cc2ccccc2)C(O)C(N)=O)n(-c2ccc(-c3ccccc3)cc2)n1.Cc1cc(C(=O)N[C@@H](Cc2ccccc2)C(O)C(N)=O)n(-c2ccc(Br)cc2)n1.Cc1cc(C(=O)O)n(-c2ccc(Br)cc2)n1.NC(=O)C(O)[C@@H](N)Cc1ccccc1.NNc1ccc(Br)cc1.OB(O)c1ccccc1.[Na+].[OH-]. The number of nitrogens with one attached hydrogen (secondary N) is 3. The van der Waals surface area contributed by atoms with Crippen LogP contribution in [0.1, 0.15) is 109 Å². The molecule has 0 saturated heterocycles. The van der Waals surface area contributed by atoms with Gasteiger partial charge in [0.2, 0.25) is 17.7 Å². The van der Waals surface area contributed by atoms with Crippen molar-refractivity contribution in [3.8, 4) is 33.9 Å². The van der Waals surface area contributed by atoms with Crippen LogP contribution in [0.15, 0.2) is 320 Å². The van der Waals surface area contributed by atoms with Crippen LogP contribution in [-0.2, 0) is 57.5 Å². The predicted molar refractivity (Wildman–Crippen MR) is 558 cm³/mol. The third-order valence-electron chi connectivity index (χ3n) is 19.8. The van der Waals surface area contributed by atoms with Crippen molar-refractivity contribution in [2.24, 2.45) is 33.9 Å². The molecule has 20 N–H and O–H groups in total. The third-order valence-corrected chi connectivity index (χ3v) is 21.9. The Morgan fingerprint density at radius 3 is 1.06 bits per heavy atom. The van der Waals surface area contributed by atoms with Crippen molar-refractivity contribution in [3.05, 3.63) is 377 Å². The minimum atomic E-state index is -1.54. The second-order valence-corrected chi connectivity index (χ2v) is 34.6. The number of aliphatic hydroxyl groups is 3. The zero-order valence-electron chi connectivity index (χ0n) is 80.0. The Labute approximate surface area is 888 Å². The predicted octanol–water partition coefficient (Wildman–Crippen LogP) is 8.79. The van der Waals surface area contributed by atoms with Crippen LogP contribution in [0.3, 0.4) is 0 Å². The molecule has 144 heavy (non-hydrogen) atoms. The molecule has 14 aromatic rings. The first-order valence-electron chi connectivity index (χ1n) is 43.7. The maximum Gasteiger partial charge on any atom is 1.00 e. The third kappa shape index (κ3) is 40.3. The van der Waals surface area contributed by atoms with E-state index in [9.17, 15) is 58.5 Å². The number of carbonyl (C=O) groups is 9. The fourth-order valence-electron chi connectivity index (χ4n) is 13.0. The number of carboxylic acids is 1. The summed E-state index contributed by atoms with van der Waals surface area (Å²) in [5.74, 6) is -0.494. The van der Waals surface area contributed by atoms with Gasteiger partial charge in [-0.25, -0.2) is 33.1 Å². The van der Waals surface area contributed by atoms with Gasteiger partial charge < -0.3 is 89.3 Å². The minimum Gasteiger partial charge on any atom is -0.870 e. The number of benzene rings is 10. The van der Waals surface area contributed by atoms with Gasteiger partial charge in [0.05, 0.1) is 77.2 Å². The van der Waals surface area contributed by atoms with Crippen molar-refractivity contribution < 1.29 is 123 Å². The number of esters is 2. The zero-order chi connectivity index (χ0) is 104. The number of halogens is 4. The van der Waals surface area contributed by atoms with E-state index in [0.717, 1.165) is 68.5 Å². The van der Waals surface area contributed by atoms with Crippen molar-refractivity contribution >= 4 is 141 Å². The Bertz CT molecular complexity index is 6410. The number of hydrogen-bond acceptors (Lipinski definition) is 26. The quantitative estimate of drug-likeness (QED) is 0.00634. The van der Waals surface area contributed by atoms with E-state index in [-0.39, 0.29) is 84.1 Å². The standard InChI is InChI=1S/C27H26N4O3.C21H21BrN4O3.C13H13BrN2O2.C11H9BrN2O2.C10H14N2O2.C8H13NO4.C6H7BO2.C6H7BrN2.Na.H2O/c1-18-16-24(27(34)29-23(25(32)26(28)33)17-19-8-4-2-5-9-19)31(30-18)22-14-12-21(13-15-22)20-10-6-3-7-11-20;1-13-11-18(26(25-13)16-9-7-15(22)8-10-16)21(29)24-17(19(27)20(23)28)12-14-5-3-2-4-6-14;1-3-18-13(17)12-8-9(2)15-16(12)11-6-4-10(14)5-7-11;1-7-6-10(11(15)16)14(13-7)9-4-2-8(12)3-5-9;11-8(9(13)10(12)14)6-7-4-2-1-3-5-7;1-4-13-8(11)7(9-12-3)5-6(2)10;8-7(9)6-4-2-1-3-5-6;7-5-1-3-6(9-8)4-2-5;;/h2-16,23,25,32H,17H2,1H3,(H2,28,33)(H,29,34);2-11,17,19,27H,12H2,1H3,(H2,23,28)(H,24,29);4-8H,3H2,1-2H3;2-6H,1H3,(H,15,16);1-5,8-9,13H,6,11H2,(H2,12,14);4-5H2,1-3H3;1-5,8-9H;1-4,9H,8H2;;1H2/q;;;;;;;;+1;/p-1/t23-,25?;17-,19?;;;8-,9?;;;;;/m00..0...../s1. The summed E-state index contributed by atoms with van der Waals surface area (Å²) < 4.78 is 19.6. The van der Waals surface area contributed by atoms with Gasteiger partial charge in [-0.15, -0.1) is 0 Å². The molecule has 0 aliphatic rings. The van der Waals surface area contributed by atoms with Gasteiger partial charge >= 0.3 is 54.6 Å². The number of amides is 5. The number of nitrogen functional groups attached to an aromatic ring is 1. The number of hydrogen-bond donors (Lipinski definition) is 14. The number of primary amides is 3. The van der Waals surface area contributed by atoms with Crippen LogP contribution >= 0.6 is 63.7 Å². The zero-order valence-corrected chi connectivity index (χ0v) is 88.4. The monoisotopic (exact) mass is 2230 g/mol. The maximum atomic E-state index is 13.2. The molecule has 42 heteroatoms. The number of aromatic carboxylic acids is 1. The van der Waals surface area contributed by atoms with Crippen molar-refractivity contribution in [1.82, 2.24) is 49.8 Å². The average Bonchev–Trinajstić information content (AvgIpc) is 1.65. The van der Waals surface area contributed by atoms with Crippen LogP contribution in [0.5, 0.6) is 0 Å². The van der Waals surface area contributed by atoms with Crippen molar-refractivity contribution in [2.75, 3.05) is 25.7 Å². The molecular formula is C102H111BBr4N17NaO19. The summed E-state index contributed by atoms with van der Waals surface area (Å²) in [6.45, 7) is 12.6. The Hall–Kier alpha value is -13.6. The van der Waals surface area contributed by atoms with Crippen molar-refractivity contribution in [3.63, 3.8) is 0 Å². The first kappa shape index (κ1) is 121. The van der Waals surface area contributed by atoms with Gasteiger partial charge in [0.25, 0.3) is 11.8 Å². The number of carbonyl (C=O) groups excluding carboxylic acids is 8. The van der Waals surface area contributed by atoms with Crippen LogP contribution in [0.2, 0.25) is 0 Å². The molecule has 0 radical (unpaired) electrons. The van der Waals surface area contributed by atoms with Crippen LogP contribution < -0.4 is 79.9 Å². The number of ketones is 1. The largest absolute Gasteiger partial charge is 1.00 e. The molecule has 750 valence electrons. The Kier molecular flexibility index (Phi) is 52.7. The van der Waals surface area contributed by atoms with Gasteiger partial charge in [0.15, 0.2) is 29.3 Å². The molecule has 4 heterocycles. The van der Waals surface area contributed by atoms with Gasteiger partial charge in [-0.2, -0.15) is 20.4 Å². The molecule has 4 aromatic heterocycles. The molecule has 0 aliphatic heterocycles. The number of ether oxygens (including phenoxy) is 2. The fraction of sp³-hybridized carbons (Fsp3) is 0.196. The van der Waals surface area contributed by atoms with E-state index in [1.165, 1.54) is 23.4 Å². The summed E-state index contributed by atoms with van der Waals surface area (Å²) >= 11 is 13.4. The molecule has 0 spiro atoms. The number of aromatic nitrogens is 8. The van der Waals surface area contributed by atoms with Gasteiger partial charge in [-0.1, -0.05) is 233 Å². The summed E-state index contributed by atoms with van der Waals surface area (Å²) in [5, 5.41) is 82.3. The summed E-state index contributed by atoms with van der Waals surface area (Å²) in [6.07, 6.45) is -3.47. The van der Waals surface area contributed by atoms with Gasteiger partial charge in [0.1, 0.15) is 30.4 Å². The molecule has 6 atom stereocenters. The second kappa shape index (κ2) is 62.7. The number of nitrogens with two attached hydrogens (primary N) is 5. The van der Waals surface area contributed by atoms with Crippen LogP contribution in [0, 0.1) is 27.7 Å². The number of hydrazine groups is 1. The number of rotatable bonds is 31. The van der Waals surface area contributed by atoms with E-state index >= 15 is 0 Å². The number of aliphatic hydroxyl groups excluding tert-OH is 3. The van der Waals surface area contributed by atoms with E-state index in [1.54, 1.807) is 92.5 Å². The summed E-state index contributed by atoms with van der Waals surface area (Å²) in [5.41, 5.74) is 36.9. The van der Waals surface area contributed by atoms with Gasteiger partial charge in [-0.05, 0) is 234 Å². The van der Waals surface area contributed by atoms with E-state index in [4.69, 9.17) is 48.7 Å². The molecule has 0 saturated carbocycles. The molecular weight excluding hydrogens is 2120 g/mol. The number of anilines is 1. The first-order chi connectivity index (χ1) is 67.8. The van der Waals surface area contributed by atoms with Gasteiger partial charge in [0, 0.05) is 29.6 Å². The summed E-state index contributed by atoms with van der Waals surface area (Å²) in [4.78, 5) is 109. The van der Waals surface area contributed by atoms with Crippen molar-refractivity contribution in [2.45, 2.75) is 111 Å².